The number of rotatable bonds is 10. The molecule has 0 amide bonds. The minimum absolute atomic E-state index is 0.0616. The van der Waals surface area contributed by atoms with E-state index < -0.39 is 12.6 Å². The molecular weight excluding hydrogens is 525 g/mol. The summed E-state index contributed by atoms with van der Waals surface area (Å²) in [5, 5.41) is 10.4. The molecule has 3 aromatic rings. The van der Waals surface area contributed by atoms with Crippen molar-refractivity contribution in [2.75, 3.05) is 31.9 Å². The summed E-state index contributed by atoms with van der Waals surface area (Å²) in [6, 6.07) is 16.2. The summed E-state index contributed by atoms with van der Waals surface area (Å²) in [5.41, 5.74) is 1.67. The quantitative estimate of drug-likeness (QED) is 0.191. The summed E-state index contributed by atoms with van der Waals surface area (Å²) in [7, 11) is 3.81. The van der Waals surface area contributed by atoms with Crippen molar-refractivity contribution in [3.8, 4) is 22.9 Å². The topological polar surface area (TPSA) is 86.2 Å². The summed E-state index contributed by atoms with van der Waals surface area (Å²) in [6.07, 6.45) is -0.900. The maximum atomic E-state index is 13.8. The molecule has 1 aromatic heterocycles. The predicted molar refractivity (Wildman–Crippen MR) is 150 cm³/mol. The van der Waals surface area contributed by atoms with Gasteiger partial charge in [-0.1, -0.05) is 42.5 Å². The normalized spacial score (nSPS) is 15.2. The molecule has 1 fully saturated rings. The summed E-state index contributed by atoms with van der Waals surface area (Å²) in [5.74, 6) is 0.722. The standard InChI is InChI=1S/C28H31F3N6OS/c1-33-18-23(17-32)39-36-27-34-25(21-6-4-3-5-7-21)24(16-28(29,30)31)26(35-27)38-22-10-8-19(9-11-22)20-12-14-37(2)15-13-20/h3-11,17-18,20,32-33H,12-16H2,1-2H3,(H,34,35,36)/b23-18+,32-17?. The molecule has 2 heterocycles. The fraction of sp³-hybridized carbons (Fsp3) is 0.321. The summed E-state index contributed by atoms with van der Waals surface area (Å²) >= 11 is 1.05. The van der Waals surface area contributed by atoms with Gasteiger partial charge in [0.05, 0.1) is 22.6 Å². The monoisotopic (exact) mass is 556 g/mol. The second-order valence-corrected chi connectivity index (χ2v) is 10.1. The minimum atomic E-state index is -4.50. The fourth-order valence-electron chi connectivity index (χ4n) is 4.40. The van der Waals surface area contributed by atoms with Crippen LogP contribution in [0, 0.1) is 5.41 Å². The van der Waals surface area contributed by atoms with E-state index in [1.807, 2.05) is 12.1 Å². The Labute approximate surface area is 230 Å². The van der Waals surface area contributed by atoms with Gasteiger partial charge >= 0.3 is 6.18 Å². The average molecular weight is 557 g/mol. The second kappa shape index (κ2) is 13.0. The zero-order valence-electron chi connectivity index (χ0n) is 21.8. The number of ether oxygens (including phenoxy) is 1. The molecule has 2 aromatic carbocycles. The van der Waals surface area contributed by atoms with Crippen LogP contribution in [-0.2, 0) is 6.42 Å². The van der Waals surface area contributed by atoms with Gasteiger partial charge in [-0.15, -0.1) is 0 Å². The van der Waals surface area contributed by atoms with Crippen LogP contribution in [0.15, 0.2) is 65.7 Å². The van der Waals surface area contributed by atoms with E-state index in [4.69, 9.17) is 10.1 Å². The van der Waals surface area contributed by atoms with Gasteiger partial charge in [0.15, 0.2) is 0 Å². The molecule has 4 rings (SSSR count). The first kappa shape index (κ1) is 28.4. The second-order valence-electron chi connectivity index (χ2n) is 9.27. The maximum Gasteiger partial charge on any atom is 0.393 e. The van der Waals surface area contributed by atoms with Crippen LogP contribution in [0.4, 0.5) is 19.1 Å². The van der Waals surface area contributed by atoms with E-state index in [2.05, 4.69) is 32.0 Å². The zero-order valence-corrected chi connectivity index (χ0v) is 22.6. The molecule has 39 heavy (non-hydrogen) atoms. The van der Waals surface area contributed by atoms with Crippen molar-refractivity contribution in [3.63, 3.8) is 0 Å². The van der Waals surface area contributed by atoms with Crippen LogP contribution in [0.1, 0.15) is 29.9 Å². The molecule has 0 unspecified atom stereocenters. The molecule has 7 nitrogen and oxygen atoms in total. The molecule has 0 aliphatic carbocycles. The van der Waals surface area contributed by atoms with Crippen LogP contribution < -0.4 is 14.8 Å². The van der Waals surface area contributed by atoms with Gasteiger partial charge in [0.2, 0.25) is 11.8 Å². The molecule has 3 N–H and O–H groups in total. The van der Waals surface area contributed by atoms with Crippen LogP contribution in [0.3, 0.4) is 0 Å². The number of aromatic nitrogens is 2. The van der Waals surface area contributed by atoms with Crippen molar-refractivity contribution < 1.29 is 17.9 Å². The van der Waals surface area contributed by atoms with Crippen molar-refractivity contribution in [1.29, 1.82) is 5.41 Å². The van der Waals surface area contributed by atoms with E-state index in [9.17, 15) is 13.2 Å². The highest BCUT2D eigenvalue weighted by atomic mass is 32.2. The Bertz CT molecular complexity index is 1280. The minimum Gasteiger partial charge on any atom is -0.439 e. The van der Waals surface area contributed by atoms with Crippen LogP contribution in [0.5, 0.6) is 11.6 Å². The van der Waals surface area contributed by atoms with Crippen molar-refractivity contribution in [2.45, 2.75) is 31.4 Å². The Morgan fingerprint density at radius 3 is 2.41 bits per heavy atom. The number of nitrogens with zero attached hydrogens (tertiary/aromatic N) is 3. The van der Waals surface area contributed by atoms with Gasteiger partial charge in [0, 0.05) is 25.0 Å². The Kier molecular flexibility index (Phi) is 9.47. The Hall–Kier alpha value is -3.57. The lowest BCUT2D eigenvalue weighted by molar-refractivity contribution is -0.127. The molecule has 1 aliphatic heterocycles. The number of allylic oxidation sites excluding steroid dienone is 1. The lowest BCUT2D eigenvalue weighted by Gasteiger charge is -2.29. The molecule has 0 atom stereocenters. The largest absolute Gasteiger partial charge is 0.439 e. The number of halogens is 3. The molecule has 11 heteroatoms. The van der Waals surface area contributed by atoms with E-state index in [1.54, 1.807) is 55.7 Å². The molecular formula is C28H31F3N6OS. The first-order valence-electron chi connectivity index (χ1n) is 12.6. The highest BCUT2D eigenvalue weighted by Crippen LogP contribution is 2.37. The Morgan fingerprint density at radius 1 is 1.10 bits per heavy atom. The van der Waals surface area contributed by atoms with Crippen LogP contribution in [0.25, 0.3) is 11.3 Å². The molecule has 0 saturated carbocycles. The third-order valence-corrected chi connectivity index (χ3v) is 7.12. The van der Waals surface area contributed by atoms with Gasteiger partial charge in [-0.3, -0.25) is 4.72 Å². The van der Waals surface area contributed by atoms with Gasteiger partial charge in [-0.2, -0.15) is 18.2 Å². The van der Waals surface area contributed by atoms with E-state index >= 15 is 0 Å². The number of benzene rings is 2. The highest BCUT2D eigenvalue weighted by molar-refractivity contribution is 8.05. The number of likely N-dealkylation sites (tertiary alicyclic amines) is 1. The van der Waals surface area contributed by atoms with E-state index in [0.717, 1.165) is 44.1 Å². The lowest BCUT2D eigenvalue weighted by atomic mass is 9.90. The number of nitrogens with one attached hydrogen (secondary N) is 3. The van der Waals surface area contributed by atoms with Crippen molar-refractivity contribution in [1.82, 2.24) is 20.2 Å². The first-order valence-corrected chi connectivity index (χ1v) is 13.4. The van der Waals surface area contributed by atoms with E-state index in [-0.39, 0.29) is 23.1 Å². The first-order chi connectivity index (χ1) is 18.8. The van der Waals surface area contributed by atoms with Crippen LogP contribution in [-0.4, -0.2) is 54.4 Å². The molecule has 0 spiro atoms. The predicted octanol–water partition coefficient (Wildman–Crippen LogP) is 6.62. The average Bonchev–Trinajstić information content (AvgIpc) is 2.93. The summed E-state index contributed by atoms with van der Waals surface area (Å²) in [6.45, 7) is 2.06. The zero-order chi connectivity index (χ0) is 27.8. The number of hydrogen-bond acceptors (Lipinski definition) is 8. The Morgan fingerprint density at radius 2 is 1.79 bits per heavy atom. The highest BCUT2D eigenvalue weighted by Gasteiger charge is 2.33. The number of piperidine rings is 1. The van der Waals surface area contributed by atoms with Crippen LogP contribution >= 0.6 is 11.9 Å². The van der Waals surface area contributed by atoms with Crippen molar-refractivity contribution in [3.05, 3.63) is 76.8 Å². The summed E-state index contributed by atoms with van der Waals surface area (Å²) in [4.78, 5) is 11.6. The van der Waals surface area contributed by atoms with Gasteiger partial charge in [0.1, 0.15) is 5.75 Å². The third-order valence-electron chi connectivity index (χ3n) is 6.37. The molecule has 1 aliphatic rings. The maximum absolute atomic E-state index is 13.8. The Balaban J connectivity index is 1.70. The molecule has 0 radical (unpaired) electrons. The van der Waals surface area contributed by atoms with Crippen molar-refractivity contribution >= 4 is 24.1 Å². The summed E-state index contributed by atoms with van der Waals surface area (Å²) < 4.78 is 50.2. The van der Waals surface area contributed by atoms with Crippen molar-refractivity contribution in [2.24, 2.45) is 0 Å². The SMILES string of the molecule is CN/C=C(\C=N)SNc1nc(Oc2ccc(C3CCN(C)CC3)cc2)c(CC(F)(F)F)c(-c2ccccc2)n1. The van der Waals surface area contributed by atoms with Gasteiger partial charge < -0.3 is 20.4 Å². The lowest BCUT2D eigenvalue weighted by Crippen LogP contribution is -2.29. The number of alkyl halides is 3. The van der Waals surface area contributed by atoms with Crippen LogP contribution in [0.2, 0.25) is 0 Å². The smallest absolute Gasteiger partial charge is 0.393 e. The molecule has 0 bridgehead atoms. The molecule has 206 valence electrons. The number of anilines is 1. The van der Waals surface area contributed by atoms with Gasteiger partial charge in [-0.25, -0.2) is 4.98 Å². The van der Waals surface area contributed by atoms with Gasteiger partial charge in [-0.05, 0) is 68.5 Å². The third kappa shape index (κ3) is 7.96. The fourth-order valence-corrected chi connectivity index (χ4v) is 4.93. The van der Waals surface area contributed by atoms with Gasteiger partial charge in [0.25, 0.3) is 0 Å². The molecule has 1 saturated heterocycles. The number of hydrogen-bond donors (Lipinski definition) is 3. The van der Waals surface area contributed by atoms with E-state index in [1.165, 1.54) is 5.56 Å². The van der Waals surface area contributed by atoms with E-state index in [0.29, 0.717) is 22.1 Å².